The molecule has 0 spiro atoms. The van der Waals surface area contributed by atoms with Gasteiger partial charge in [-0.3, -0.25) is 0 Å². The number of fused-ring (bicyclic) bond motifs is 1. The molecule has 156 valence electrons. The Kier molecular flexibility index (Phi) is 5.79. The first-order chi connectivity index (χ1) is 15.1. The van der Waals surface area contributed by atoms with Crippen molar-refractivity contribution in [3.8, 4) is 34.2 Å². The Morgan fingerprint density at radius 1 is 0.935 bits per heavy atom. The third-order valence-electron chi connectivity index (χ3n) is 5.10. The van der Waals surface area contributed by atoms with E-state index in [0.29, 0.717) is 23.1 Å². The molecule has 2 heterocycles. The molecule has 5 nitrogen and oxygen atoms in total. The molecular weight excluding hydrogens is 408 g/mol. The molecule has 2 aromatic heterocycles. The van der Waals surface area contributed by atoms with Gasteiger partial charge >= 0.3 is 10.1 Å². The van der Waals surface area contributed by atoms with Crippen LogP contribution in [0.25, 0.3) is 27.9 Å². The van der Waals surface area contributed by atoms with Gasteiger partial charge in [-0.15, -0.1) is 0 Å². The first kappa shape index (κ1) is 20.7. The molecule has 0 bridgehead atoms. The Bertz CT molecular complexity index is 1350. The lowest BCUT2D eigenvalue weighted by molar-refractivity contribution is 0.487. The lowest BCUT2D eigenvalue weighted by atomic mass is 10.0. The zero-order valence-corrected chi connectivity index (χ0v) is 18.0. The number of hydrogen-bond acceptors (Lipinski definition) is 4. The fraction of sp³-hybridized carbons (Fsp3) is 0.160. The molecule has 0 N–H and O–H groups in total. The summed E-state index contributed by atoms with van der Waals surface area (Å²) in [5.74, 6) is 0.114. The van der Waals surface area contributed by atoms with Gasteiger partial charge in [0, 0.05) is 6.20 Å². The highest BCUT2D eigenvalue weighted by Gasteiger charge is 2.27. The van der Waals surface area contributed by atoms with Crippen LogP contribution >= 0.6 is 0 Å². The van der Waals surface area contributed by atoms with Crippen LogP contribution in [0.3, 0.4) is 0 Å². The summed E-state index contributed by atoms with van der Waals surface area (Å²) in [6.07, 6.45) is 3.07. The standard InChI is InChI=1S/C25H22N2O3S/c1-2-3-17-31(28,29)30-25-22(19-11-6-4-7-12-19)23(20-13-8-5-9-14-20)27-16-10-15-21(18-26)24(25)27/h4-16H,2-3,17H2,1H3. The Balaban J connectivity index is 2.11. The number of hydrogen-bond donors (Lipinski definition) is 0. The molecule has 0 radical (unpaired) electrons. The Hall–Kier alpha value is -3.56. The van der Waals surface area contributed by atoms with Crippen LogP contribution in [0.1, 0.15) is 25.3 Å². The highest BCUT2D eigenvalue weighted by Crippen LogP contribution is 2.45. The topological polar surface area (TPSA) is 71.6 Å². The van der Waals surface area contributed by atoms with Crippen molar-refractivity contribution >= 4 is 15.6 Å². The van der Waals surface area contributed by atoms with Gasteiger partial charge in [0.1, 0.15) is 11.6 Å². The molecule has 4 rings (SSSR count). The van der Waals surface area contributed by atoms with E-state index in [1.807, 2.05) is 78.2 Å². The Morgan fingerprint density at radius 2 is 1.58 bits per heavy atom. The molecule has 0 aliphatic rings. The van der Waals surface area contributed by atoms with Crippen LogP contribution in [0.15, 0.2) is 79.0 Å². The molecule has 0 aliphatic heterocycles. The normalized spacial score (nSPS) is 11.4. The van der Waals surface area contributed by atoms with Crippen LogP contribution in [0, 0.1) is 11.3 Å². The van der Waals surface area contributed by atoms with Crippen LogP contribution in [-0.4, -0.2) is 18.6 Å². The summed E-state index contributed by atoms with van der Waals surface area (Å²) in [6.45, 7) is 1.93. The number of unbranched alkanes of at least 4 members (excludes halogenated alkanes) is 1. The van der Waals surface area contributed by atoms with E-state index in [1.54, 1.807) is 12.1 Å². The largest absolute Gasteiger partial charge is 0.379 e. The summed E-state index contributed by atoms with van der Waals surface area (Å²) in [7, 11) is -3.84. The minimum absolute atomic E-state index is 0.0789. The molecule has 0 unspecified atom stereocenters. The summed E-state index contributed by atoms with van der Waals surface area (Å²) in [5, 5.41) is 9.77. The monoisotopic (exact) mass is 430 g/mol. The number of pyridine rings is 1. The molecule has 0 saturated carbocycles. The smallest absolute Gasteiger partial charge is 0.309 e. The van der Waals surface area contributed by atoms with Crippen molar-refractivity contribution in [1.29, 1.82) is 5.26 Å². The number of benzene rings is 2. The van der Waals surface area contributed by atoms with Crippen LogP contribution in [0.5, 0.6) is 5.75 Å². The number of nitrogens with zero attached hydrogens (tertiary/aromatic N) is 2. The summed E-state index contributed by atoms with van der Waals surface area (Å²) >= 11 is 0. The van der Waals surface area contributed by atoms with Crippen molar-refractivity contribution in [2.45, 2.75) is 19.8 Å². The molecule has 0 aliphatic carbocycles. The fourth-order valence-electron chi connectivity index (χ4n) is 3.69. The Morgan fingerprint density at radius 3 is 2.19 bits per heavy atom. The quantitative estimate of drug-likeness (QED) is 0.355. The van der Waals surface area contributed by atoms with Crippen LogP contribution in [0.2, 0.25) is 0 Å². The second kappa shape index (κ2) is 8.66. The third kappa shape index (κ3) is 4.05. The van der Waals surface area contributed by atoms with E-state index in [0.717, 1.165) is 23.2 Å². The average Bonchev–Trinajstić information content (AvgIpc) is 3.12. The molecule has 31 heavy (non-hydrogen) atoms. The van der Waals surface area contributed by atoms with E-state index in [1.165, 1.54) is 0 Å². The lowest BCUT2D eigenvalue weighted by Crippen LogP contribution is -2.14. The van der Waals surface area contributed by atoms with E-state index < -0.39 is 10.1 Å². The van der Waals surface area contributed by atoms with Crippen LogP contribution in [-0.2, 0) is 10.1 Å². The second-order valence-electron chi connectivity index (χ2n) is 7.24. The van der Waals surface area contributed by atoms with Gasteiger partial charge in [-0.05, 0) is 29.7 Å². The Labute approximate surface area is 182 Å². The SMILES string of the molecule is CCCCS(=O)(=O)Oc1c(-c2ccccc2)c(-c2ccccc2)n2cccc(C#N)c12. The van der Waals surface area contributed by atoms with Crippen molar-refractivity contribution in [3.05, 3.63) is 84.6 Å². The lowest BCUT2D eigenvalue weighted by Gasteiger charge is -2.10. The molecule has 0 amide bonds. The summed E-state index contributed by atoms with van der Waals surface area (Å²) in [5.41, 5.74) is 3.93. The van der Waals surface area contributed by atoms with E-state index in [9.17, 15) is 13.7 Å². The molecular formula is C25H22N2O3S. The molecule has 2 aromatic carbocycles. The number of aromatic nitrogens is 1. The maximum absolute atomic E-state index is 12.8. The van der Waals surface area contributed by atoms with Gasteiger partial charge in [0.25, 0.3) is 0 Å². The van der Waals surface area contributed by atoms with E-state index in [4.69, 9.17) is 4.18 Å². The first-order valence-corrected chi connectivity index (χ1v) is 11.7. The first-order valence-electron chi connectivity index (χ1n) is 10.2. The predicted molar refractivity (Wildman–Crippen MR) is 122 cm³/mol. The molecule has 4 aromatic rings. The average molecular weight is 431 g/mol. The van der Waals surface area contributed by atoms with E-state index in [2.05, 4.69) is 6.07 Å². The molecule has 0 saturated heterocycles. The van der Waals surface area contributed by atoms with Crippen molar-refractivity contribution in [2.24, 2.45) is 0 Å². The second-order valence-corrected chi connectivity index (χ2v) is 8.93. The van der Waals surface area contributed by atoms with Gasteiger partial charge in [-0.25, -0.2) is 0 Å². The maximum atomic E-state index is 12.8. The van der Waals surface area contributed by atoms with Crippen molar-refractivity contribution in [1.82, 2.24) is 4.40 Å². The highest BCUT2D eigenvalue weighted by atomic mass is 32.2. The number of rotatable bonds is 7. The maximum Gasteiger partial charge on any atom is 0.309 e. The van der Waals surface area contributed by atoms with Crippen molar-refractivity contribution in [2.75, 3.05) is 5.75 Å². The summed E-state index contributed by atoms with van der Waals surface area (Å²) in [6, 6.07) is 24.9. The zero-order valence-electron chi connectivity index (χ0n) is 17.2. The highest BCUT2D eigenvalue weighted by molar-refractivity contribution is 7.87. The van der Waals surface area contributed by atoms with E-state index >= 15 is 0 Å². The van der Waals surface area contributed by atoms with E-state index in [-0.39, 0.29) is 11.5 Å². The third-order valence-corrected chi connectivity index (χ3v) is 6.31. The van der Waals surface area contributed by atoms with Gasteiger partial charge in [0.15, 0.2) is 5.75 Å². The summed E-state index contributed by atoms with van der Waals surface area (Å²) in [4.78, 5) is 0. The van der Waals surface area contributed by atoms with Crippen molar-refractivity contribution in [3.63, 3.8) is 0 Å². The molecule has 0 atom stereocenters. The van der Waals surface area contributed by atoms with Gasteiger partial charge in [-0.1, -0.05) is 74.0 Å². The minimum Gasteiger partial charge on any atom is -0.379 e. The predicted octanol–water partition coefficient (Wildman–Crippen LogP) is 5.65. The van der Waals surface area contributed by atoms with Gasteiger partial charge in [-0.2, -0.15) is 13.7 Å². The van der Waals surface area contributed by atoms with Crippen LogP contribution in [0.4, 0.5) is 0 Å². The summed E-state index contributed by atoms with van der Waals surface area (Å²) < 4.78 is 33.2. The van der Waals surface area contributed by atoms with Gasteiger partial charge in [0.05, 0.1) is 22.6 Å². The minimum atomic E-state index is -3.84. The van der Waals surface area contributed by atoms with Crippen LogP contribution < -0.4 is 4.18 Å². The molecule has 6 heteroatoms. The fourth-order valence-corrected chi connectivity index (χ4v) is 4.83. The zero-order chi connectivity index (χ0) is 21.8. The van der Waals surface area contributed by atoms with Gasteiger partial charge < -0.3 is 8.58 Å². The van der Waals surface area contributed by atoms with Gasteiger partial charge in [0.2, 0.25) is 0 Å². The number of nitriles is 1. The molecule has 0 fully saturated rings. The van der Waals surface area contributed by atoms with Crippen molar-refractivity contribution < 1.29 is 12.6 Å².